The molecule has 1 N–H and O–H groups in total. The highest BCUT2D eigenvalue weighted by Gasteiger charge is 2.48. The summed E-state index contributed by atoms with van der Waals surface area (Å²) in [6.07, 6.45) is -4.12. The van der Waals surface area contributed by atoms with E-state index in [2.05, 4.69) is 0 Å². The molecule has 4 rings (SSSR count). The smallest absolute Gasteiger partial charge is 0.456 e. The van der Waals surface area contributed by atoms with Gasteiger partial charge in [0.2, 0.25) is 0 Å². The molecule has 0 saturated carbocycles. The number of phenolic OH excluding ortho intramolecular Hbond substituents is 1. The van der Waals surface area contributed by atoms with E-state index in [1.54, 1.807) is 6.07 Å². The van der Waals surface area contributed by atoms with Gasteiger partial charge in [-0.25, -0.2) is 4.39 Å². The number of piperidine rings is 1. The lowest BCUT2D eigenvalue weighted by molar-refractivity contribution is -0.0892. The van der Waals surface area contributed by atoms with Crippen LogP contribution in [0.5, 0.6) is 5.75 Å². The number of carbonyl (C=O) groups excluding carboxylic acids is 2. The van der Waals surface area contributed by atoms with Crippen LogP contribution in [0.2, 0.25) is 0 Å². The average Bonchev–Trinajstić information content (AvgIpc) is 3.16. The first kappa shape index (κ1) is 21.4. The summed E-state index contributed by atoms with van der Waals surface area (Å²) in [6, 6.07) is 6.03. The predicted molar refractivity (Wildman–Crippen MR) is 102 cm³/mol. The zero-order chi connectivity index (χ0) is 22.6. The maximum absolute atomic E-state index is 14.1. The zero-order valence-electron chi connectivity index (χ0n) is 16.7. The summed E-state index contributed by atoms with van der Waals surface area (Å²) < 4.78 is 54.5. The molecule has 10 heteroatoms. The van der Waals surface area contributed by atoms with Crippen LogP contribution in [0, 0.1) is 5.82 Å². The number of benzene rings is 1. The number of carbonyl (C=O) groups is 2. The fourth-order valence-electron chi connectivity index (χ4n) is 4.68. The first-order chi connectivity index (χ1) is 14.5. The third-order valence-corrected chi connectivity index (χ3v) is 6.40. The van der Waals surface area contributed by atoms with Gasteiger partial charge in [0.05, 0.1) is 16.8 Å². The summed E-state index contributed by atoms with van der Waals surface area (Å²) in [5, 5.41) is 9.58. The zero-order valence-corrected chi connectivity index (χ0v) is 16.7. The van der Waals surface area contributed by atoms with E-state index < -0.39 is 29.2 Å². The molecule has 1 saturated heterocycles. The molecule has 166 valence electrons. The van der Waals surface area contributed by atoms with Gasteiger partial charge in [0.15, 0.2) is 0 Å². The highest BCUT2D eigenvalue weighted by molar-refractivity contribution is 5.99. The topological polar surface area (TPSA) is 65.8 Å². The molecule has 31 heavy (non-hydrogen) atoms. The largest absolute Gasteiger partial charge is 0.508 e. The van der Waals surface area contributed by atoms with Crippen molar-refractivity contribution in [2.45, 2.75) is 31.1 Å². The molecule has 3 heterocycles. The quantitative estimate of drug-likeness (QED) is 0.577. The van der Waals surface area contributed by atoms with E-state index in [0.717, 1.165) is 18.2 Å². The number of aromatic nitrogens is 1. The number of rotatable bonds is 2. The van der Waals surface area contributed by atoms with Crippen molar-refractivity contribution in [1.82, 2.24) is 14.4 Å². The highest BCUT2D eigenvalue weighted by Crippen LogP contribution is 2.42. The van der Waals surface area contributed by atoms with Gasteiger partial charge in [-0.05, 0) is 50.2 Å². The van der Waals surface area contributed by atoms with Crippen LogP contribution in [0.1, 0.15) is 39.4 Å². The second-order valence-corrected chi connectivity index (χ2v) is 7.99. The number of halogens is 4. The first-order valence-corrected chi connectivity index (χ1v) is 9.85. The highest BCUT2D eigenvalue weighted by atomic mass is 19.4. The van der Waals surface area contributed by atoms with Gasteiger partial charge in [-0.1, -0.05) is 0 Å². The minimum Gasteiger partial charge on any atom is -0.508 e. The van der Waals surface area contributed by atoms with Gasteiger partial charge in [-0.3, -0.25) is 14.5 Å². The van der Waals surface area contributed by atoms with Gasteiger partial charge < -0.3 is 14.6 Å². The van der Waals surface area contributed by atoms with Crippen LogP contribution < -0.4 is 0 Å². The van der Waals surface area contributed by atoms with Gasteiger partial charge in [0.1, 0.15) is 11.6 Å². The van der Waals surface area contributed by atoms with E-state index >= 15 is 0 Å². The van der Waals surface area contributed by atoms with E-state index in [9.17, 15) is 32.3 Å². The number of Topliss-reactive ketones (excluding diaryl/α,β-unsaturated/α-hetero) is 1. The number of fused-ring (bicyclic) bond motifs is 2. The van der Waals surface area contributed by atoms with E-state index in [0.29, 0.717) is 25.1 Å². The molecule has 2 aliphatic heterocycles. The lowest BCUT2D eigenvalue weighted by atomic mass is 9.81. The molecule has 0 aliphatic carbocycles. The van der Waals surface area contributed by atoms with Gasteiger partial charge in [0, 0.05) is 31.9 Å². The molecule has 6 nitrogen and oxygen atoms in total. The normalized spacial score (nSPS) is 18.8. The molecule has 1 spiro atoms. The van der Waals surface area contributed by atoms with Crippen LogP contribution in [0.25, 0.3) is 0 Å². The number of alkyl halides is 3. The molecule has 0 radical (unpaired) electrons. The number of likely N-dealkylation sites (N-methyl/N-ethyl adjacent to an activating group) is 1. The molecule has 1 aromatic carbocycles. The van der Waals surface area contributed by atoms with E-state index in [1.165, 1.54) is 15.5 Å². The van der Waals surface area contributed by atoms with Crippen molar-refractivity contribution < 1.29 is 32.3 Å². The van der Waals surface area contributed by atoms with Gasteiger partial charge in [-0.15, -0.1) is 0 Å². The van der Waals surface area contributed by atoms with Crippen molar-refractivity contribution in [3.8, 4) is 5.75 Å². The predicted octanol–water partition coefficient (Wildman–Crippen LogP) is 3.15. The lowest BCUT2D eigenvalue weighted by Gasteiger charge is -2.50. The maximum Gasteiger partial charge on any atom is 0.456 e. The average molecular weight is 439 g/mol. The first-order valence-electron chi connectivity index (χ1n) is 9.85. The number of hydrogen-bond acceptors (Lipinski definition) is 4. The number of ketones is 1. The fourth-order valence-corrected chi connectivity index (χ4v) is 4.68. The van der Waals surface area contributed by atoms with Crippen molar-refractivity contribution in [1.29, 1.82) is 0 Å². The Morgan fingerprint density at radius 1 is 1.03 bits per heavy atom. The van der Waals surface area contributed by atoms with Gasteiger partial charge in [0.25, 0.3) is 11.7 Å². The summed E-state index contributed by atoms with van der Waals surface area (Å²) in [4.78, 5) is 28.1. The van der Waals surface area contributed by atoms with Gasteiger partial charge in [-0.2, -0.15) is 13.2 Å². The standard InChI is InChI=1S/C21H21F4N3O3/c1-26-10-11-28-16(18(30)21(23,24)25)4-5-17(28)20(26)6-8-27(9-7-20)19(31)14-12-13(29)2-3-15(14)22/h2-5,12,29H,6-11H2,1H3. The number of hydrogen-bond donors (Lipinski definition) is 1. The summed E-state index contributed by atoms with van der Waals surface area (Å²) in [5.74, 6) is -3.37. The maximum atomic E-state index is 14.1. The molecule has 2 aliphatic rings. The van der Waals surface area contributed by atoms with Crippen LogP contribution in [0.3, 0.4) is 0 Å². The summed E-state index contributed by atoms with van der Waals surface area (Å²) in [7, 11) is 1.87. The SMILES string of the molecule is CN1CCn2c(C(=O)C(F)(F)F)ccc2C12CCN(C(=O)c1cc(O)ccc1F)CC2. The van der Waals surface area contributed by atoms with Crippen molar-refractivity contribution in [3.63, 3.8) is 0 Å². The monoisotopic (exact) mass is 439 g/mol. The Morgan fingerprint density at radius 2 is 1.71 bits per heavy atom. The van der Waals surface area contributed by atoms with Crippen molar-refractivity contribution in [3.05, 3.63) is 53.1 Å². The molecular formula is C21H21F4N3O3. The lowest BCUT2D eigenvalue weighted by Crippen LogP contribution is -2.56. The fraction of sp³-hybridized carbons (Fsp3) is 0.429. The van der Waals surface area contributed by atoms with E-state index in [4.69, 9.17) is 0 Å². The van der Waals surface area contributed by atoms with E-state index in [1.807, 2.05) is 11.9 Å². The minimum atomic E-state index is -4.95. The number of likely N-dealkylation sites (tertiary alicyclic amines) is 1. The summed E-state index contributed by atoms with van der Waals surface area (Å²) in [5.41, 5.74) is -0.620. The Hall–Kier alpha value is -2.88. The molecule has 1 fully saturated rings. The van der Waals surface area contributed by atoms with Crippen molar-refractivity contribution in [2.24, 2.45) is 0 Å². The number of nitrogens with zero attached hydrogens (tertiary/aromatic N) is 3. The van der Waals surface area contributed by atoms with Crippen LogP contribution in [0.4, 0.5) is 17.6 Å². The van der Waals surface area contributed by atoms with Crippen molar-refractivity contribution in [2.75, 3.05) is 26.7 Å². The number of phenols is 1. The summed E-state index contributed by atoms with van der Waals surface area (Å²) in [6.45, 7) is 1.22. The Balaban J connectivity index is 1.60. The molecule has 2 aromatic rings. The number of amides is 1. The van der Waals surface area contributed by atoms with Gasteiger partial charge >= 0.3 is 6.18 Å². The molecule has 0 unspecified atom stereocenters. The molecule has 0 bridgehead atoms. The van der Waals surface area contributed by atoms with Crippen LogP contribution in [-0.4, -0.2) is 64.0 Å². The third-order valence-electron chi connectivity index (χ3n) is 6.40. The number of aromatic hydroxyl groups is 1. The second kappa shape index (κ2) is 7.37. The minimum absolute atomic E-state index is 0.218. The van der Waals surface area contributed by atoms with Crippen LogP contribution in [0.15, 0.2) is 30.3 Å². The van der Waals surface area contributed by atoms with E-state index in [-0.39, 0.29) is 36.6 Å². The van der Waals surface area contributed by atoms with Crippen LogP contribution >= 0.6 is 0 Å². The second-order valence-electron chi connectivity index (χ2n) is 7.99. The molecule has 1 aromatic heterocycles. The van der Waals surface area contributed by atoms with Crippen molar-refractivity contribution >= 4 is 11.7 Å². The Labute approximate surface area is 175 Å². The Morgan fingerprint density at radius 3 is 2.35 bits per heavy atom. The Bertz CT molecular complexity index is 1040. The molecule has 1 amide bonds. The molecule has 0 atom stereocenters. The van der Waals surface area contributed by atoms with Crippen LogP contribution in [-0.2, 0) is 12.1 Å². The Kier molecular flexibility index (Phi) is 5.07. The summed E-state index contributed by atoms with van der Waals surface area (Å²) >= 11 is 0. The third kappa shape index (κ3) is 3.48. The molecular weight excluding hydrogens is 418 g/mol.